The molecule has 3 N–H and O–H groups in total. The van der Waals surface area contributed by atoms with Crippen LogP contribution in [-0.4, -0.2) is 31.7 Å². The Bertz CT molecular complexity index is 236. The van der Waals surface area contributed by atoms with Crippen molar-refractivity contribution >= 4 is 5.91 Å². The van der Waals surface area contributed by atoms with Gasteiger partial charge in [0.05, 0.1) is 12.1 Å². The van der Waals surface area contributed by atoms with Crippen molar-refractivity contribution in [1.82, 2.24) is 5.32 Å². The summed E-state index contributed by atoms with van der Waals surface area (Å²) in [5.41, 5.74) is 5.25. The molecule has 0 aromatic rings. The number of amides is 1. The lowest BCUT2D eigenvalue weighted by atomic mass is 9.82. The van der Waals surface area contributed by atoms with Crippen molar-refractivity contribution in [3.05, 3.63) is 0 Å². The van der Waals surface area contributed by atoms with Crippen LogP contribution < -0.4 is 11.1 Å². The van der Waals surface area contributed by atoms with E-state index in [1.807, 2.05) is 0 Å². The van der Waals surface area contributed by atoms with Gasteiger partial charge in [0.2, 0.25) is 5.91 Å². The summed E-state index contributed by atoms with van der Waals surface area (Å²) >= 11 is 0. The molecule has 17 heavy (non-hydrogen) atoms. The zero-order valence-corrected chi connectivity index (χ0v) is 11.2. The summed E-state index contributed by atoms with van der Waals surface area (Å²) in [4.78, 5) is 11.0. The van der Waals surface area contributed by atoms with Crippen LogP contribution in [0.25, 0.3) is 0 Å². The van der Waals surface area contributed by atoms with Gasteiger partial charge >= 0.3 is 0 Å². The summed E-state index contributed by atoms with van der Waals surface area (Å²) in [5.74, 6) is 1.20. The highest BCUT2D eigenvalue weighted by Gasteiger charge is 2.24. The van der Waals surface area contributed by atoms with E-state index in [0.717, 1.165) is 24.7 Å². The Hall–Kier alpha value is -0.610. The van der Waals surface area contributed by atoms with Crippen molar-refractivity contribution in [3.8, 4) is 0 Å². The molecule has 0 aromatic heterocycles. The van der Waals surface area contributed by atoms with E-state index in [1.165, 1.54) is 6.42 Å². The maximum absolute atomic E-state index is 11.0. The summed E-state index contributed by atoms with van der Waals surface area (Å²) in [6.07, 6.45) is 4.61. The maximum atomic E-state index is 11.0. The molecule has 3 atom stereocenters. The number of likely N-dealkylation sites (N-methyl/N-ethyl adjacent to an activating group) is 1. The van der Waals surface area contributed by atoms with Gasteiger partial charge in [-0.15, -0.1) is 0 Å². The number of hydrogen-bond acceptors (Lipinski definition) is 3. The van der Waals surface area contributed by atoms with Gasteiger partial charge in [-0.05, 0) is 44.6 Å². The molecular weight excluding hydrogens is 216 g/mol. The molecule has 1 amide bonds. The zero-order valence-electron chi connectivity index (χ0n) is 11.2. The van der Waals surface area contributed by atoms with Gasteiger partial charge in [-0.3, -0.25) is 4.79 Å². The zero-order chi connectivity index (χ0) is 12.8. The second-order valence-electron chi connectivity index (χ2n) is 5.44. The third-order valence-corrected chi connectivity index (χ3v) is 3.59. The van der Waals surface area contributed by atoms with Crippen molar-refractivity contribution < 1.29 is 9.53 Å². The normalized spacial score (nSPS) is 31.1. The van der Waals surface area contributed by atoms with Gasteiger partial charge in [0.1, 0.15) is 0 Å². The lowest BCUT2D eigenvalue weighted by Crippen LogP contribution is -2.40. The molecule has 0 aliphatic heterocycles. The number of hydrogen-bond donors (Lipinski definition) is 2. The molecule has 0 bridgehead atoms. The average Bonchev–Trinajstić information content (AvgIpc) is 2.22. The smallest absolute Gasteiger partial charge is 0.234 e. The van der Waals surface area contributed by atoms with E-state index in [0.29, 0.717) is 19.1 Å². The van der Waals surface area contributed by atoms with E-state index in [9.17, 15) is 4.79 Å². The number of ether oxygens (including phenoxy) is 1. The molecule has 3 unspecified atom stereocenters. The number of nitrogens with one attached hydrogen (secondary N) is 1. The minimum absolute atomic E-state index is 0.270. The van der Waals surface area contributed by atoms with Gasteiger partial charge in [0.25, 0.3) is 0 Å². The highest BCUT2D eigenvalue weighted by atomic mass is 16.5. The third kappa shape index (κ3) is 5.04. The molecule has 0 heterocycles. The Morgan fingerprint density at radius 3 is 2.41 bits per heavy atom. The SMILES string of the molecule is CNC(CCOC1CC(C)CC(C)C1)C(N)=O. The number of nitrogens with two attached hydrogens (primary N) is 1. The molecule has 1 aliphatic carbocycles. The monoisotopic (exact) mass is 242 g/mol. The molecule has 1 fully saturated rings. The number of rotatable bonds is 6. The third-order valence-electron chi connectivity index (χ3n) is 3.59. The lowest BCUT2D eigenvalue weighted by Gasteiger charge is -2.31. The van der Waals surface area contributed by atoms with E-state index in [1.54, 1.807) is 7.05 Å². The minimum Gasteiger partial charge on any atom is -0.378 e. The fourth-order valence-electron chi connectivity index (χ4n) is 2.79. The highest BCUT2D eigenvalue weighted by Crippen LogP contribution is 2.30. The van der Waals surface area contributed by atoms with Gasteiger partial charge in [-0.1, -0.05) is 13.8 Å². The Balaban J connectivity index is 2.23. The molecule has 4 nitrogen and oxygen atoms in total. The molecule has 1 aliphatic rings. The van der Waals surface area contributed by atoms with Crippen LogP contribution in [-0.2, 0) is 9.53 Å². The number of carbonyl (C=O) groups excluding carboxylic acids is 1. The van der Waals surface area contributed by atoms with Gasteiger partial charge in [0, 0.05) is 6.61 Å². The predicted molar refractivity (Wildman–Crippen MR) is 68.6 cm³/mol. The van der Waals surface area contributed by atoms with Crippen LogP contribution in [0.5, 0.6) is 0 Å². The molecule has 100 valence electrons. The first-order chi connectivity index (χ1) is 8.02. The largest absolute Gasteiger partial charge is 0.378 e. The topological polar surface area (TPSA) is 64.3 Å². The van der Waals surface area contributed by atoms with Crippen LogP contribution in [0.2, 0.25) is 0 Å². The van der Waals surface area contributed by atoms with Crippen LogP contribution >= 0.6 is 0 Å². The summed E-state index contributed by atoms with van der Waals surface area (Å²) in [5, 5.41) is 2.90. The van der Waals surface area contributed by atoms with Crippen molar-refractivity contribution in [2.24, 2.45) is 17.6 Å². The predicted octanol–water partition coefficient (Wildman–Crippen LogP) is 1.29. The Kier molecular flexibility index (Phi) is 5.92. The standard InChI is InChI=1S/C13H26N2O2/c1-9-6-10(2)8-11(7-9)17-5-4-12(15-3)13(14)16/h9-12,15H,4-8H2,1-3H3,(H2,14,16). The molecule has 4 heteroatoms. The molecule has 0 saturated heterocycles. The Morgan fingerprint density at radius 1 is 1.35 bits per heavy atom. The summed E-state index contributed by atoms with van der Waals surface area (Å²) in [6.45, 7) is 5.18. The summed E-state index contributed by atoms with van der Waals surface area (Å²) in [6, 6.07) is -0.270. The fourth-order valence-corrected chi connectivity index (χ4v) is 2.79. The van der Waals surface area contributed by atoms with Gasteiger partial charge in [0.15, 0.2) is 0 Å². The lowest BCUT2D eigenvalue weighted by molar-refractivity contribution is -0.120. The quantitative estimate of drug-likeness (QED) is 0.737. The molecule has 0 spiro atoms. The van der Waals surface area contributed by atoms with Crippen molar-refractivity contribution in [1.29, 1.82) is 0 Å². The highest BCUT2D eigenvalue weighted by molar-refractivity contribution is 5.79. The van der Waals surface area contributed by atoms with Crippen LogP contribution in [0.1, 0.15) is 39.5 Å². The Morgan fingerprint density at radius 2 is 1.94 bits per heavy atom. The van der Waals surface area contributed by atoms with E-state index >= 15 is 0 Å². The molecular formula is C13H26N2O2. The maximum Gasteiger partial charge on any atom is 0.234 e. The van der Waals surface area contributed by atoms with Gasteiger partial charge in [-0.25, -0.2) is 0 Å². The van der Waals surface area contributed by atoms with Crippen molar-refractivity contribution in [3.63, 3.8) is 0 Å². The Labute approximate surface area is 104 Å². The summed E-state index contributed by atoms with van der Waals surface area (Å²) in [7, 11) is 1.75. The second kappa shape index (κ2) is 6.97. The fraction of sp³-hybridized carbons (Fsp3) is 0.923. The van der Waals surface area contributed by atoms with Crippen LogP contribution in [0.3, 0.4) is 0 Å². The molecule has 0 radical (unpaired) electrons. The molecule has 1 saturated carbocycles. The molecule has 1 rings (SSSR count). The van der Waals surface area contributed by atoms with E-state index in [-0.39, 0.29) is 11.9 Å². The number of carbonyl (C=O) groups is 1. The first kappa shape index (κ1) is 14.5. The van der Waals surface area contributed by atoms with Crippen molar-refractivity contribution in [2.75, 3.05) is 13.7 Å². The average molecular weight is 242 g/mol. The molecule has 0 aromatic carbocycles. The summed E-state index contributed by atoms with van der Waals surface area (Å²) < 4.78 is 5.86. The van der Waals surface area contributed by atoms with Gasteiger partial charge < -0.3 is 15.8 Å². The first-order valence-corrected chi connectivity index (χ1v) is 6.61. The second-order valence-corrected chi connectivity index (χ2v) is 5.44. The van der Waals surface area contributed by atoms with Gasteiger partial charge in [-0.2, -0.15) is 0 Å². The first-order valence-electron chi connectivity index (χ1n) is 6.61. The van der Waals surface area contributed by atoms with Crippen LogP contribution in [0.4, 0.5) is 0 Å². The number of primary amides is 1. The van der Waals surface area contributed by atoms with E-state index in [2.05, 4.69) is 19.2 Å². The van der Waals surface area contributed by atoms with Crippen molar-refractivity contribution in [2.45, 2.75) is 51.7 Å². The minimum atomic E-state index is -0.304. The van der Waals surface area contributed by atoms with E-state index in [4.69, 9.17) is 10.5 Å². The van der Waals surface area contributed by atoms with Crippen LogP contribution in [0, 0.1) is 11.8 Å². The van der Waals surface area contributed by atoms with Crippen LogP contribution in [0.15, 0.2) is 0 Å². The van der Waals surface area contributed by atoms with E-state index < -0.39 is 0 Å².